The fourth-order valence-electron chi connectivity index (χ4n) is 0.343. The van der Waals surface area contributed by atoms with Crippen molar-refractivity contribution in [3.05, 3.63) is 18.9 Å². The molecule has 1 heteroatoms. The van der Waals surface area contributed by atoms with Crippen LogP contribution < -0.4 is 0 Å². The summed E-state index contributed by atoms with van der Waals surface area (Å²) in [7, 11) is 0. The molecule has 6 heavy (non-hydrogen) atoms. The lowest BCUT2D eigenvalue weighted by molar-refractivity contribution is 0.335. The zero-order chi connectivity index (χ0) is 4.41. The zero-order valence-electron chi connectivity index (χ0n) is 3.64. The van der Waals surface area contributed by atoms with Crippen molar-refractivity contribution in [2.75, 3.05) is 0 Å². The number of hydrogen-bond donors (Lipinski definition) is 0. The van der Waals surface area contributed by atoms with Gasteiger partial charge in [0.05, 0.1) is 6.26 Å². The highest BCUT2D eigenvalue weighted by Crippen LogP contribution is 2.09. The highest BCUT2D eigenvalue weighted by Gasteiger charge is 2.02. The summed E-state index contributed by atoms with van der Waals surface area (Å²) in [6.45, 7) is 4.73. The molecule has 1 aliphatic rings. The van der Waals surface area contributed by atoms with Crippen LogP contribution in [0.1, 0.15) is 6.92 Å². The van der Waals surface area contributed by atoms with Gasteiger partial charge in [0.1, 0.15) is 0 Å². The second-order valence-corrected chi connectivity index (χ2v) is 1.35. The van der Waals surface area contributed by atoms with Crippen molar-refractivity contribution in [2.45, 2.75) is 6.92 Å². The molecule has 0 aromatic heterocycles. The van der Waals surface area contributed by atoms with E-state index in [0.29, 0.717) is 5.92 Å². The molecule has 0 aromatic rings. The van der Waals surface area contributed by atoms with Crippen molar-refractivity contribution in [1.29, 1.82) is 0 Å². The predicted molar refractivity (Wildman–Crippen MR) is 22.6 cm³/mol. The Bertz CT molecular complexity index is 66.3. The Morgan fingerprint density at radius 2 is 2.67 bits per heavy atom. The van der Waals surface area contributed by atoms with Crippen LogP contribution >= 0.6 is 0 Å². The number of ether oxygens (including phenoxy) is 1. The van der Waals surface area contributed by atoms with Crippen LogP contribution in [-0.4, -0.2) is 0 Å². The van der Waals surface area contributed by atoms with E-state index in [1.807, 2.05) is 13.0 Å². The molecule has 2 radical (unpaired) electrons. The lowest BCUT2D eigenvalue weighted by Gasteiger charge is -1.86. The number of hydrogen-bond acceptors (Lipinski definition) is 1. The standard InChI is InChI=1S/C5H6O/c1-5-2-3-6-4-5/h2-3,5H,1H3. The third kappa shape index (κ3) is 0.534. The Morgan fingerprint density at radius 3 is 2.83 bits per heavy atom. The molecule has 0 aromatic carbocycles. The highest BCUT2D eigenvalue weighted by molar-refractivity contribution is 4.92. The van der Waals surface area contributed by atoms with Crippen molar-refractivity contribution >= 4 is 0 Å². The molecular weight excluding hydrogens is 76.1 g/mol. The van der Waals surface area contributed by atoms with E-state index in [-0.39, 0.29) is 0 Å². The topological polar surface area (TPSA) is 9.23 Å². The molecule has 1 unspecified atom stereocenters. The molecule has 0 saturated carbocycles. The third-order valence-electron chi connectivity index (χ3n) is 0.689. The van der Waals surface area contributed by atoms with E-state index >= 15 is 0 Å². The van der Waals surface area contributed by atoms with Crippen molar-refractivity contribution in [3.63, 3.8) is 0 Å². The first-order valence-corrected chi connectivity index (χ1v) is 1.97. The van der Waals surface area contributed by atoms with Crippen LogP contribution in [0.25, 0.3) is 0 Å². The van der Waals surface area contributed by atoms with Gasteiger partial charge < -0.3 is 4.74 Å². The van der Waals surface area contributed by atoms with E-state index in [1.165, 1.54) is 0 Å². The molecule has 1 rings (SSSR count). The molecule has 0 aliphatic carbocycles. The summed E-state index contributed by atoms with van der Waals surface area (Å²) in [6, 6.07) is 0. The van der Waals surface area contributed by atoms with E-state index < -0.39 is 0 Å². The van der Waals surface area contributed by atoms with Crippen LogP contribution in [-0.2, 0) is 4.74 Å². The first kappa shape index (κ1) is 3.72. The van der Waals surface area contributed by atoms with Crippen molar-refractivity contribution in [2.24, 2.45) is 5.92 Å². The van der Waals surface area contributed by atoms with E-state index in [4.69, 9.17) is 0 Å². The quantitative estimate of drug-likeness (QED) is 0.426. The Labute approximate surface area is 37.6 Å². The summed E-state index contributed by atoms with van der Waals surface area (Å²) < 4.78 is 4.63. The minimum atomic E-state index is 0.394. The average molecular weight is 82.1 g/mol. The van der Waals surface area contributed by atoms with E-state index in [1.54, 1.807) is 6.26 Å². The van der Waals surface area contributed by atoms with Crippen molar-refractivity contribution in [3.8, 4) is 0 Å². The van der Waals surface area contributed by atoms with Crippen LogP contribution in [0.2, 0.25) is 0 Å². The lowest BCUT2D eigenvalue weighted by Crippen LogP contribution is -1.80. The lowest BCUT2D eigenvalue weighted by atomic mass is 10.2. The molecule has 0 fully saturated rings. The van der Waals surface area contributed by atoms with Crippen LogP contribution in [0.5, 0.6) is 0 Å². The maximum atomic E-state index is 4.63. The first-order valence-electron chi connectivity index (χ1n) is 1.97. The van der Waals surface area contributed by atoms with Crippen LogP contribution in [0.3, 0.4) is 0 Å². The van der Waals surface area contributed by atoms with Gasteiger partial charge in [-0.3, -0.25) is 0 Å². The monoisotopic (exact) mass is 82.0 g/mol. The van der Waals surface area contributed by atoms with E-state index in [0.717, 1.165) is 0 Å². The molecule has 0 saturated heterocycles. The van der Waals surface area contributed by atoms with Crippen molar-refractivity contribution < 1.29 is 4.74 Å². The van der Waals surface area contributed by atoms with Gasteiger partial charge in [0.25, 0.3) is 0 Å². The summed E-state index contributed by atoms with van der Waals surface area (Å²) in [5, 5.41) is 0. The average Bonchev–Trinajstić information content (AvgIpc) is 1.86. The molecule has 0 N–H and O–H groups in total. The third-order valence-corrected chi connectivity index (χ3v) is 0.689. The molecule has 1 atom stereocenters. The predicted octanol–water partition coefficient (Wildman–Crippen LogP) is 1.21. The minimum absolute atomic E-state index is 0.394. The number of rotatable bonds is 0. The fraction of sp³-hybridized carbons (Fsp3) is 0.400. The maximum Gasteiger partial charge on any atom is 0.202 e. The molecule has 0 bridgehead atoms. The maximum absolute atomic E-state index is 4.63. The zero-order valence-corrected chi connectivity index (χ0v) is 3.64. The molecule has 32 valence electrons. The van der Waals surface area contributed by atoms with Gasteiger partial charge in [0.15, 0.2) is 0 Å². The van der Waals surface area contributed by atoms with Gasteiger partial charge in [-0.05, 0) is 6.08 Å². The SMILES string of the molecule is CC1[C]OC=C1. The van der Waals surface area contributed by atoms with Crippen LogP contribution in [0.15, 0.2) is 12.3 Å². The van der Waals surface area contributed by atoms with Gasteiger partial charge in [-0.15, -0.1) is 0 Å². The molecule has 1 heterocycles. The summed E-state index contributed by atoms with van der Waals surface area (Å²) in [4.78, 5) is 0. The Hall–Kier alpha value is -0.460. The fourth-order valence-corrected chi connectivity index (χ4v) is 0.343. The molecule has 1 nitrogen and oxygen atoms in total. The summed E-state index contributed by atoms with van der Waals surface area (Å²) >= 11 is 0. The first-order chi connectivity index (χ1) is 2.89. The van der Waals surface area contributed by atoms with E-state index in [9.17, 15) is 0 Å². The van der Waals surface area contributed by atoms with Crippen LogP contribution in [0.4, 0.5) is 0 Å². The smallest absolute Gasteiger partial charge is 0.202 e. The minimum Gasteiger partial charge on any atom is -0.486 e. The largest absolute Gasteiger partial charge is 0.486 e. The summed E-state index contributed by atoms with van der Waals surface area (Å²) in [5.41, 5.74) is 0. The van der Waals surface area contributed by atoms with Gasteiger partial charge in [-0.2, -0.15) is 0 Å². The van der Waals surface area contributed by atoms with Gasteiger partial charge >= 0.3 is 0 Å². The van der Waals surface area contributed by atoms with Gasteiger partial charge in [-0.1, -0.05) is 6.92 Å². The molecule has 0 spiro atoms. The van der Waals surface area contributed by atoms with Crippen molar-refractivity contribution in [1.82, 2.24) is 0 Å². The second kappa shape index (κ2) is 1.33. The second-order valence-electron chi connectivity index (χ2n) is 1.35. The molecule has 0 amide bonds. The van der Waals surface area contributed by atoms with Gasteiger partial charge in [-0.25, -0.2) is 0 Å². The molecular formula is C5H6O. The van der Waals surface area contributed by atoms with E-state index in [2.05, 4.69) is 11.3 Å². The molecule has 1 aliphatic heterocycles. The summed E-state index contributed by atoms with van der Waals surface area (Å²) in [5.74, 6) is 0.394. The van der Waals surface area contributed by atoms with Gasteiger partial charge in [0.2, 0.25) is 6.61 Å². The van der Waals surface area contributed by atoms with Crippen LogP contribution in [0, 0.1) is 12.5 Å². The highest BCUT2D eigenvalue weighted by atomic mass is 16.5. The Kier molecular flexibility index (Phi) is 0.825. The Balaban J connectivity index is 2.38. The van der Waals surface area contributed by atoms with Gasteiger partial charge in [0, 0.05) is 5.92 Å². The normalized spacial score (nSPS) is 30.5. The summed E-state index contributed by atoms with van der Waals surface area (Å²) in [6.07, 6.45) is 3.59. The Morgan fingerprint density at radius 1 is 1.83 bits per heavy atom.